The van der Waals surface area contributed by atoms with Gasteiger partial charge in [-0.15, -0.1) is 0 Å². The van der Waals surface area contributed by atoms with Gasteiger partial charge in [-0.25, -0.2) is 0 Å². The van der Waals surface area contributed by atoms with E-state index in [1.54, 1.807) is 12.1 Å². The van der Waals surface area contributed by atoms with Gasteiger partial charge in [0.25, 0.3) is 0 Å². The van der Waals surface area contributed by atoms with Crippen LogP contribution in [0.15, 0.2) is 18.2 Å². The van der Waals surface area contributed by atoms with Crippen LogP contribution >= 0.6 is 11.6 Å². The van der Waals surface area contributed by atoms with Crippen molar-refractivity contribution in [2.75, 3.05) is 6.54 Å². The summed E-state index contributed by atoms with van der Waals surface area (Å²) >= 11 is 5.95. The van der Waals surface area contributed by atoms with Crippen molar-refractivity contribution in [1.29, 1.82) is 0 Å². The Kier molecular flexibility index (Phi) is 5.50. The average Bonchev–Trinajstić information content (AvgIpc) is 2.30. The molecule has 6 heteroatoms. The van der Waals surface area contributed by atoms with E-state index in [1.807, 2.05) is 13.8 Å². The monoisotopic (exact) mass is 295 g/mol. The standard InChI is InChI=1S/C13H17ClF3NO/c1-4-18-8(2)10-5-6-12(11(14)7-10)19-9(3)13(15,16)17/h5-9,18H,4H2,1-3H3. The van der Waals surface area contributed by atoms with Gasteiger partial charge in [-0.3, -0.25) is 0 Å². The van der Waals surface area contributed by atoms with E-state index in [1.165, 1.54) is 6.07 Å². The first-order chi connectivity index (χ1) is 8.75. The number of hydrogen-bond acceptors (Lipinski definition) is 2. The Bertz CT molecular complexity index is 423. The summed E-state index contributed by atoms with van der Waals surface area (Å²) in [5, 5.41) is 3.37. The SMILES string of the molecule is CCNC(C)c1ccc(OC(C)C(F)(F)F)c(Cl)c1. The summed E-state index contributed by atoms with van der Waals surface area (Å²) in [6, 6.07) is 4.87. The summed E-state index contributed by atoms with van der Waals surface area (Å²) in [5.74, 6) is 0.0407. The summed E-state index contributed by atoms with van der Waals surface area (Å²) in [4.78, 5) is 0. The third-order valence-electron chi connectivity index (χ3n) is 2.73. The third-order valence-corrected chi connectivity index (χ3v) is 3.03. The largest absolute Gasteiger partial charge is 0.480 e. The molecule has 0 fully saturated rings. The second kappa shape index (κ2) is 6.48. The minimum atomic E-state index is -4.40. The number of ether oxygens (including phenoxy) is 1. The Hall–Kier alpha value is -0.940. The van der Waals surface area contributed by atoms with E-state index in [9.17, 15) is 13.2 Å². The van der Waals surface area contributed by atoms with Gasteiger partial charge in [-0.2, -0.15) is 13.2 Å². The van der Waals surface area contributed by atoms with Crippen LogP contribution in [0.25, 0.3) is 0 Å². The van der Waals surface area contributed by atoms with Gasteiger partial charge in [-0.1, -0.05) is 24.6 Å². The van der Waals surface area contributed by atoms with Crippen molar-refractivity contribution in [3.05, 3.63) is 28.8 Å². The molecule has 1 N–H and O–H groups in total. The molecule has 0 aliphatic rings. The van der Waals surface area contributed by atoms with Crippen LogP contribution in [0.2, 0.25) is 5.02 Å². The third kappa shape index (κ3) is 4.58. The zero-order chi connectivity index (χ0) is 14.6. The van der Waals surface area contributed by atoms with Gasteiger partial charge in [0.15, 0.2) is 6.10 Å². The molecule has 1 aromatic carbocycles. The zero-order valence-corrected chi connectivity index (χ0v) is 11.8. The molecular formula is C13H17ClF3NO. The molecule has 0 bridgehead atoms. The molecule has 0 spiro atoms. The Morgan fingerprint density at radius 1 is 1.32 bits per heavy atom. The number of alkyl halides is 3. The number of halogens is 4. The lowest BCUT2D eigenvalue weighted by molar-refractivity contribution is -0.189. The highest BCUT2D eigenvalue weighted by atomic mass is 35.5. The van der Waals surface area contributed by atoms with Crippen molar-refractivity contribution in [2.45, 2.75) is 39.1 Å². The fraction of sp³-hybridized carbons (Fsp3) is 0.538. The number of hydrogen-bond donors (Lipinski definition) is 1. The highest BCUT2D eigenvalue weighted by Crippen LogP contribution is 2.31. The lowest BCUT2D eigenvalue weighted by Crippen LogP contribution is -2.31. The second-order valence-corrected chi connectivity index (χ2v) is 4.68. The van der Waals surface area contributed by atoms with Crippen LogP contribution in [0.4, 0.5) is 13.2 Å². The quantitative estimate of drug-likeness (QED) is 0.872. The fourth-order valence-electron chi connectivity index (χ4n) is 1.56. The first-order valence-electron chi connectivity index (χ1n) is 6.02. The maximum atomic E-state index is 12.4. The predicted octanol–water partition coefficient (Wildman–Crippen LogP) is 4.34. The van der Waals surface area contributed by atoms with Gasteiger partial charge in [0.2, 0.25) is 0 Å². The van der Waals surface area contributed by atoms with Gasteiger partial charge in [0.1, 0.15) is 5.75 Å². The highest BCUT2D eigenvalue weighted by molar-refractivity contribution is 6.32. The van der Waals surface area contributed by atoms with Gasteiger partial charge < -0.3 is 10.1 Å². The summed E-state index contributed by atoms with van der Waals surface area (Å²) in [6.07, 6.45) is -6.29. The molecule has 1 rings (SSSR count). The summed E-state index contributed by atoms with van der Waals surface area (Å²) < 4.78 is 42.0. The molecule has 2 nitrogen and oxygen atoms in total. The highest BCUT2D eigenvalue weighted by Gasteiger charge is 2.38. The normalized spacial score (nSPS) is 15.1. The molecule has 2 atom stereocenters. The van der Waals surface area contributed by atoms with E-state index >= 15 is 0 Å². The summed E-state index contributed by atoms with van der Waals surface area (Å²) in [7, 11) is 0. The summed E-state index contributed by atoms with van der Waals surface area (Å²) in [6.45, 7) is 5.67. The number of benzene rings is 1. The van der Waals surface area contributed by atoms with Crippen molar-refractivity contribution in [3.8, 4) is 5.75 Å². The van der Waals surface area contributed by atoms with E-state index in [2.05, 4.69) is 5.32 Å². The molecule has 0 saturated heterocycles. The molecule has 1 aromatic rings. The van der Waals surface area contributed by atoms with Gasteiger partial charge in [-0.05, 0) is 38.1 Å². The number of nitrogens with one attached hydrogen (secondary N) is 1. The van der Waals surface area contributed by atoms with Crippen LogP contribution in [0, 0.1) is 0 Å². The van der Waals surface area contributed by atoms with Crippen LogP contribution in [0.1, 0.15) is 32.4 Å². The van der Waals surface area contributed by atoms with E-state index in [0.717, 1.165) is 19.0 Å². The van der Waals surface area contributed by atoms with E-state index in [-0.39, 0.29) is 16.8 Å². The van der Waals surface area contributed by atoms with Crippen LogP contribution < -0.4 is 10.1 Å². The lowest BCUT2D eigenvalue weighted by Gasteiger charge is -2.19. The first kappa shape index (κ1) is 16.1. The van der Waals surface area contributed by atoms with Crippen molar-refractivity contribution in [1.82, 2.24) is 5.32 Å². The Morgan fingerprint density at radius 3 is 2.42 bits per heavy atom. The molecule has 0 aliphatic carbocycles. The maximum absolute atomic E-state index is 12.4. The van der Waals surface area contributed by atoms with Crippen molar-refractivity contribution in [2.24, 2.45) is 0 Å². The van der Waals surface area contributed by atoms with E-state index in [0.29, 0.717) is 0 Å². The topological polar surface area (TPSA) is 21.3 Å². The van der Waals surface area contributed by atoms with Gasteiger partial charge in [0.05, 0.1) is 5.02 Å². The van der Waals surface area contributed by atoms with Crippen molar-refractivity contribution in [3.63, 3.8) is 0 Å². The van der Waals surface area contributed by atoms with Crippen molar-refractivity contribution < 1.29 is 17.9 Å². The molecule has 2 unspecified atom stereocenters. The number of rotatable bonds is 5. The maximum Gasteiger partial charge on any atom is 0.425 e. The molecular weight excluding hydrogens is 279 g/mol. The molecule has 0 aromatic heterocycles. The van der Waals surface area contributed by atoms with Gasteiger partial charge >= 0.3 is 6.18 Å². The molecule has 0 saturated carbocycles. The minimum Gasteiger partial charge on any atom is -0.480 e. The predicted molar refractivity (Wildman–Crippen MR) is 69.7 cm³/mol. The smallest absolute Gasteiger partial charge is 0.425 e. The van der Waals surface area contributed by atoms with Crippen LogP contribution in [-0.4, -0.2) is 18.8 Å². The van der Waals surface area contributed by atoms with E-state index < -0.39 is 12.3 Å². The van der Waals surface area contributed by atoms with Crippen molar-refractivity contribution >= 4 is 11.6 Å². The Labute approximate surface area is 115 Å². The molecule has 19 heavy (non-hydrogen) atoms. The van der Waals surface area contributed by atoms with Gasteiger partial charge in [0, 0.05) is 6.04 Å². The average molecular weight is 296 g/mol. The Morgan fingerprint density at radius 2 is 1.95 bits per heavy atom. The van der Waals surface area contributed by atoms with Crippen LogP contribution in [-0.2, 0) is 0 Å². The fourth-order valence-corrected chi connectivity index (χ4v) is 1.80. The molecule has 0 amide bonds. The lowest BCUT2D eigenvalue weighted by atomic mass is 10.1. The van der Waals surface area contributed by atoms with Crippen LogP contribution in [0.5, 0.6) is 5.75 Å². The second-order valence-electron chi connectivity index (χ2n) is 4.27. The molecule has 0 radical (unpaired) electrons. The minimum absolute atomic E-state index is 0.0407. The van der Waals surface area contributed by atoms with Crippen LogP contribution in [0.3, 0.4) is 0 Å². The molecule has 108 valence electrons. The molecule has 0 heterocycles. The van der Waals surface area contributed by atoms with E-state index in [4.69, 9.17) is 16.3 Å². The molecule has 0 aliphatic heterocycles. The Balaban J connectivity index is 2.83. The first-order valence-corrected chi connectivity index (χ1v) is 6.39. The summed E-state index contributed by atoms with van der Waals surface area (Å²) in [5.41, 5.74) is 0.902. The zero-order valence-electron chi connectivity index (χ0n) is 11.0.